The molecule has 2 aliphatic rings. The molecule has 1 fully saturated rings. The highest BCUT2D eigenvalue weighted by Crippen LogP contribution is 2.27. The van der Waals surface area contributed by atoms with E-state index >= 15 is 0 Å². The van der Waals surface area contributed by atoms with Crippen molar-refractivity contribution in [3.63, 3.8) is 0 Å². The molecule has 2 atom stereocenters. The van der Waals surface area contributed by atoms with E-state index in [9.17, 15) is 4.79 Å². The SMILES string of the molecule is Cc1nc([C@H]2CCCN(C(=O)C[C@@H]3C=CCC3)C2)no1. The van der Waals surface area contributed by atoms with Crippen LogP contribution in [0.5, 0.6) is 0 Å². The van der Waals surface area contributed by atoms with Crippen molar-refractivity contribution < 1.29 is 9.32 Å². The lowest BCUT2D eigenvalue weighted by Gasteiger charge is -2.32. The number of likely N-dealkylation sites (tertiary alicyclic amines) is 1. The molecule has 1 aromatic heterocycles. The normalized spacial score (nSPS) is 26.1. The molecular weight excluding hydrogens is 254 g/mol. The van der Waals surface area contributed by atoms with Crippen LogP contribution in [0, 0.1) is 12.8 Å². The van der Waals surface area contributed by atoms with E-state index in [2.05, 4.69) is 22.3 Å². The van der Waals surface area contributed by atoms with Gasteiger partial charge in [-0.05, 0) is 31.6 Å². The summed E-state index contributed by atoms with van der Waals surface area (Å²) in [7, 11) is 0. The molecule has 1 saturated heterocycles. The Morgan fingerprint density at radius 1 is 1.50 bits per heavy atom. The third-order valence-electron chi connectivity index (χ3n) is 4.23. The number of piperidine rings is 1. The fourth-order valence-corrected chi connectivity index (χ4v) is 3.11. The van der Waals surface area contributed by atoms with E-state index < -0.39 is 0 Å². The van der Waals surface area contributed by atoms with Gasteiger partial charge < -0.3 is 9.42 Å². The number of carbonyl (C=O) groups is 1. The van der Waals surface area contributed by atoms with Crippen molar-refractivity contribution in [1.29, 1.82) is 0 Å². The summed E-state index contributed by atoms with van der Waals surface area (Å²) in [6, 6.07) is 0. The molecule has 0 saturated carbocycles. The highest BCUT2D eigenvalue weighted by molar-refractivity contribution is 5.77. The molecular formula is C15H21N3O2. The molecule has 1 aliphatic carbocycles. The molecule has 0 radical (unpaired) electrons. The monoisotopic (exact) mass is 275 g/mol. The minimum Gasteiger partial charge on any atom is -0.342 e. The Morgan fingerprint density at radius 2 is 2.40 bits per heavy atom. The molecule has 3 rings (SSSR count). The predicted octanol–water partition coefficient (Wildman–Crippen LogP) is 2.44. The number of allylic oxidation sites excluding steroid dienone is 2. The zero-order chi connectivity index (χ0) is 13.9. The Morgan fingerprint density at radius 3 is 3.10 bits per heavy atom. The van der Waals surface area contributed by atoms with E-state index in [1.807, 2.05) is 4.90 Å². The molecule has 108 valence electrons. The maximum Gasteiger partial charge on any atom is 0.223 e. The summed E-state index contributed by atoms with van der Waals surface area (Å²) >= 11 is 0. The third-order valence-corrected chi connectivity index (χ3v) is 4.23. The molecule has 0 unspecified atom stereocenters. The van der Waals surface area contributed by atoms with Crippen molar-refractivity contribution in [2.75, 3.05) is 13.1 Å². The summed E-state index contributed by atoms with van der Waals surface area (Å²) in [6.45, 7) is 3.39. The zero-order valence-electron chi connectivity index (χ0n) is 11.9. The van der Waals surface area contributed by atoms with Gasteiger partial charge in [0.1, 0.15) is 0 Å². The van der Waals surface area contributed by atoms with Crippen LogP contribution < -0.4 is 0 Å². The van der Waals surface area contributed by atoms with Gasteiger partial charge in [-0.2, -0.15) is 4.98 Å². The first-order chi connectivity index (χ1) is 9.72. The first-order valence-electron chi connectivity index (χ1n) is 7.47. The number of aryl methyl sites for hydroxylation is 1. The van der Waals surface area contributed by atoms with Crippen LogP contribution in [0.3, 0.4) is 0 Å². The lowest BCUT2D eigenvalue weighted by atomic mass is 9.96. The van der Waals surface area contributed by atoms with Gasteiger partial charge in [0, 0.05) is 32.4 Å². The van der Waals surface area contributed by atoms with Crippen LogP contribution in [0.1, 0.15) is 49.7 Å². The molecule has 5 nitrogen and oxygen atoms in total. The number of aromatic nitrogens is 2. The van der Waals surface area contributed by atoms with E-state index in [4.69, 9.17) is 4.52 Å². The van der Waals surface area contributed by atoms with Crippen LogP contribution in [-0.2, 0) is 4.79 Å². The second-order valence-electron chi connectivity index (χ2n) is 5.82. The van der Waals surface area contributed by atoms with Crippen molar-refractivity contribution in [1.82, 2.24) is 15.0 Å². The number of carbonyl (C=O) groups excluding carboxylic acids is 1. The van der Waals surface area contributed by atoms with Gasteiger partial charge in [-0.3, -0.25) is 4.79 Å². The summed E-state index contributed by atoms with van der Waals surface area (Å²) in [4.78, 5) is 18.6. The smallest absolute Gasteiger partial charge is 0.223 e. The lowest BCUT2D eigenvalue weighted by Crippen LogP contribution is -2.39. The maximum absolute atomic E-state index is 12.4. The van der Waals surface area contributed by atoms with Gasteiger partial charge in [0.15, 0.2) is 5.82 Å². The molecule has 0 spiro atoms. The van der Waals surface area contributed by atoms with Gasteiger partial charge in [0.2, 0.25) is 11.8 Å². The Bertz CT molecular complexity index is 509. The molecule has 1 amide bonds. The summed E-state index contributed by atoms with van der Waals surface area (Å²) < 4.78 is 5.05. The van der Waals surface area contributed by atoms with Gasteiger partial charge in [-0.1, -0.05) is 17.3 Å². The van der Waals surface area contributed by atoms with E-state index in [1.165, 1.54) is 0 Å². The van der Waals surface area contributed by atoms with Crippen molar-refractivity contribution in [2.45, 2.75) is 44.9 Å². The Labute approximate surface area is 119 Å². The largest absolute Gasteiger partial charge is 0.342 e. The van der Waals surface area contributed by atoms with E-state index in [0.717, 1.165) is 44.6 Å². The molecule has 1 aromatic rings. The third kappa shape index (κ3) is 2.92. The van der Waals surface area contributed by atoms with Crippen molar-refractivity contribution in [2.24, 2.45) is 5.92 Å². The average molecular weight is 275 g/mol. The quantitative estimate of drug-likeness (QED) is 0.795. The summed E-state index contributed by atoms with van der Waals surface area (Å²) in [5.41, 5.74) is 0. The minimum atomic E-state index is 0.226. The fourth-order valence-electron chi connectivity index (χ4n) is 3.11. The van der Waals surface area contributed by atoms with Crippen LogP contribution in [0.2, 0.25) is 0 Å². The molecule has 0 bridgehead atoms. The fraction of sp³-hybridized carbons (Fsp3) is 0.667. The minimum absolute atomic E-state index is 0.226. The van der Waals surface area contributed by atoms with Crippen LogP contribution in [0.4, 0.5) is 0 Å². The molecule has 20 heavy (non-hydrogen) atoms. The second-order valence-corrected chi connectivity index (χ2v) is 5.82. The summed E-state index contributed by atoms with van der Waals surface area (Å²) in [6.07, 6.45) is 9.29. The van der Waals surface area contributed by atoms with Crippen LogP contribution in [0.15, 0.2) is 16.7 Å². The van der Waals surface area contributed by atoms with Crippen molar-refractivity contribution >= 4 is 5.91 Å². The number of nitrogens with zero attached hydrogens (tertiary/aromatic N) is 3. The number of amides is 1. The maximum atomic E-state index is 12.4. The van der Waals surface area contributed by atoms with Crippen LogP contribution >= 0.6 is 0 Å². The number of rotatable bonds is 3. The standard InChI is InChI=1S/C15H21N3O2/c1-11-16-15(17-20-11)13-7-4-8-18(10-13)14(19)9-12-5-2-3-6-12/h2,5,12-13H,3-4,6-10H2,1H3/t12-,13+/m1/s1. The van der Waals surface area contributed by atoms with Crippen LogP contribution in [-0.4, -0.2) is 34.0 Å². The van der Waals surface area contributed by atoms with E-state index in [-0.39, 0.29) is 11.8 Å². The van der Waals surface area contributed by atoms with Gasteiger partial charge in [-0.25, -0.2) is 0 Å². The van der Waals surface area contributed by atoms with Gasteiger partial charge in [0.25, 0.3) is 0 Å². The first kappa shape index (κ1) is 13.3. The molecule has 1 aliphatic heterocycles. The van der Waals surface area contributed by atoms with Crippen molar-refractivity contribution in [3.05, 3.63) is 23.9 Å². The number of hydrogen-bond acceptors (Lipinski definition) is 4. The molecule has 5 heteroatoms. The Kier molecular flexibility index (Phi) is 3.85. The topological polar surface area (TPSA) is 59.2 Å². The molecule has 0 aromatic carbocycles. The Balaban J connectivity index is 1.59. The summed E-state index contributed by atoms with van der Waals surface area (Å²) in [5.74, 6) is 2.28. The highest BCUT2D eigenvalue weighted by atomic mass is 16.5. The Hall–Kier alpha value is -1.65. The zero-order valence-corrected chi connectivity index (χ0v) is 11.9. The van der Waals surface area contributed by atoms with E-state index in [1.54, 1.807) is 6.92 Å². The molecule has 0 N–H and O–H groups in total. The first-order valence-corrected chi connectivity index (χ1v) is 7.47. The van der Waals surface area contributed by atoms with Crippen molar-refractivity contribution in [3.8, 4) is 0 Å². The van der Waals surface area contributed by atoms with E-state index in [0.29, 0.717) is 18.2 Å². The predicted molar refractivity (Wildman–Crippen MR) is 74.1 cm³/mol. The van der Waals surface area contributed by atoms with Gasteiger partial charge in [-0.15, -0.1) is 0 Å². The lowest BCUT2D eigenvalue weighted by molar-refractivity contribution is -0.133. The second kappa shape index (κ2) is 5.77. The van der Waals surface area contributed by atoms with Gasteiger partial charge >= 0.3 is 0 Å². The van der Waals surface area contributed by atoms with Crippen LogP contribution in [0.25, 0.3) is 0 Å². The van der Waals surface area contributed by atoms with Gasteiger partial charge in [0.05, 0.1) is 0 Å². The highest BCUT2D eigenvalue weighted by Gasteiger charge is 2.28. The average Bonchev–Trinajstić information content (AvgIpc) is 3.10. The number of hydrogen-bond donors (Lipinski definition) is 0. The summed E-state index contributed by atoms with van der Waals surface area (Å²) in [5, 5.41) is 4.00. The molecule has 2 heterocycles.